The monoisotopic (exact) mass is 298 g/mol. The van der Waals surface area contributed by atoms with Gasteiger partial charge in [-0.2, -0.15) is 26.3 Å². The second kappa shape index (κ2) is 5.72. The van der Waals surface area contributed by atoms with Crippen LogP contribution in [0.25, 0.3) is 0 Å². The second-order valence-electron chi connectivity index (χ2n) is 3.90. The van der Waals surface area contributed by atoms with E-state index in [9.17, 15) is 26.3 Å². The first-order valence-corrected chi connectivity index (χ1v) is 5.60. The number of alkyl halides is 6. The zero-order valence-electron chi connectivity index (χ0n) is 10.7. The SMILES string of the molecule is CCN/C(=N\C)c1cc(C(F)(F)F)cc(C(F)(F)F)c1. The molecule has 2 nitrogen and oxygen atoms in total. The Morgan fingerprint density at radius 1 is 1.00 bits per heavy atom. The van der Waals surface area contributed by atoms with Crippen molar-refractivity contribution in [3.8, 4) is 0 Å². The van der Waals surface area contributed by atoms with Crippen LogP contribution in [0.4, 0.5) is 26.3 Å². The van der Waals surface area contributed by atoms with Gasteiger partial charge in [-0.05, 0) is 25.1 Å². The molecule has 112 valence electrons. The van der Waals surface area contributed by atoms with Crippen LogP contribution in [0.2, 0.25) is 0 Å². The number of halogens is 6. The van der Waals surface area contributed by atoms with E-state index in [-0.39, 0.29) is 17.5 Å². The molecule has 8 heteroatoms. The molecule has 0 aliphatic heterocycles. The highest BCUT2D eigenvalue weighted by Gasteiger charge is 2.37. The topological polar surface area (TPSA) is 24.4 Å². The molecular weight excluding hydrogens is 286 g/mol. The van der Waals surface area contributed by atoms with E-state index in [1.54, 1.807) is 6.92 Å². The third-order valence-corrected chi connectivity index (χ3v) is 2.43. The van der Waals surface area contributed by atoms with E-state index < -0.39 is 23.5 Å². The van der Waals surface area contributed by atoms with Gasteiger partial charge in [0.2, 0.25) is 0 Å². The van der Waals surface area contributed by atoms with Crippen LogP contribution in [0.5, 0.6) is 0 Å². The minimum Gasteiger partial charge on any atom is -0.370 e. The summed E-state index contributed by atoms with van der Waals surface area (Å²) in [4.78, 5) is 3.67. The molecule has 0 heterocycles. The minimum absolute atomic E-state index is 0.0240. The highest BCUT2D eigenvalue weighted by molar-refractivity contribution is 5.99. The van der Waals surface area contributed by atoms with Crippen LogP contribution in [-0.2, 0) is 12.4 Å². The van der Waals surface area contributed by atoms with E-state index in [1.807, 2.05) is 0 Å². The molecule has 0 spiro atoms. The van der Waals surface area contributed by atoms with Crippen molar-refractivity contribution in [2.45, 2.75) is 19.3 Å². The summed E-state index contributed by atoms with van der Waals surface area (Å²) in [5.74, 6) is -0.0240. The van der Waals surface area contributed by atoms with Crippen molar-refractivity contribution in [3.63, 3.8) is 0 Å². The van der Waals surface area contributed by atoms with Crippen LogP contribution < -0.4 is 5.32 Å². The van der Waals surface area contributed by atoms with Gasteiger partial charge in [-0.1, -0.05) is 0 Å². The summed E-state index contributed by atoms with van der Waals surface area (Å²) >= 11 is 0. The molecule has 0 saturated carbocycles. The summed E-state index contributed by atoms with van der Waals surface area (Å²) in [6.45, 7) is 1.98. The Morgan fingerprint density at radius 3 is 1.75 bits per heavy atom. The van der Waals surface area contributed by atoms with Gasteiger partial charge in [0.05, 0.1) is 11.1 Å². The summed E-state index contributed by atoms with van der Waals surface area (Å²) in [7, 11) is 1.28. The van der Waals surface area contributed by atoms with Crippen molar-refractivity contribution >= 4 is 5.84 Å². The Hall–Kier alpha value is -1.73. The predicted molar refractivity (Wildman–Crippen MR) is 62.6 cm³/mol. The first-order chi connectivity index (χ1) is 9.09. The summed E-state index contributed by atoms with van der Waals surface area (Å²) < 4.78 is 76.0. The fourth-order valence-corrected chi connectivity index (χ4v) is 1.57. The number of rotatable bonds is 2. The number of hydrogen-bond acceptors (Lipinski definition) is 1. The van der Waals surface area contributed by atoms with Crippen molar-refractivity contribution in [3.05, 3.63) is 34.9 Å². The summed E-state index contributed by atoms with van der Waals surface area (Å²) in [6, 6.07) is 1.36. The average molecular weight is 298 g/mol. The molecular formula is C12H12F6N2. The predicted octanol–water partition coefficient (Wildman–Crippen LogP) is 3.71. The maximum Gasteiger partial charge on any atom is 0.416 e. The van der Waals surface area contributed by atoms with E-state index in [1.165, 1.54) is 7.05 Å². The maximum absolute atomic E-state index is 12.7. The van der Waals surface area contributed by atoms with E-state index in [2.05, 4.69) is 10.3 Å². The molecule has 0 unspecified atom stereocenters. The Balaban J connectivity index is 3.46. The molecule has 0 aliphatic carbocycles. The van der Waals surface area contributed by atoms with Gasteiger partial charge >= 0.3 is 12.4 Å². The van der Waals surface area contributed by atoms with Crippen molar-refractivity contribution < 1.29 is 26.3 Å². The molecule has 1 N–H and O–H groups in total. The first kappa shape index (κ1) is 16.3. The lowest BCUT2D eigenvalue weighted by atomic mass is 10.0. The molecule has 1 rings (SSSR count). The largest absolute Gasteiger partial charge is 0.416 e. The highest BCUT2D eigenvalue weighted by atomic mass is 19.4. The highest BCUT2D eigenvalue weighted by Crippen LogP contribution is 2.36. The smallest absolute Gasteiger partial charge is 0.370 e. The number of nitrogens with one attached hydrogen (secondary N) is 1. The van der Waals surface area contributed by atoms with E-state index in [0.29, 0.717) is 18.7 Å². The molecule has 0 atom stereocenters. The number of nitrogens with zero attached hydrogens (tertiary/aromatic N) is 1. The van der Waals surface area contributed by atoms with Gasteiger partial charge in [-0.15, -0.1) is 0 Å². The van der Waals surface area contributed by atoms with Gasteiger partial charge < -0.3 is 5.32 Å². The standard InChI is InChI=1S/C12H12F6N2/c1-3-20-10(19-2)7-4-8(11(13,14)15)6-9(5-7)12(16,17)18/h4-6H,3H2,1-2H3,(H,19,20). The van der Waals surface area contributed by atoms with Gasteiger partial charge in [0, 0.05) is 19.2 Å². The van der Waals surface area contributed by atoms with Crippen LogP contribution in [0.3, 0.4) is 0 Å². The first-order valence-electron chi connectivity index (χ1n) is 5.60. The summed E-state index contributed by atoms with van der Waals surface area (Å²) in [6.07, 6.45) is -9.72. The van der Waals surface area contributed by atoms with Gasteiger partial charge in [-0.25, -0.2) is 0 Å². The third kappa shape index (κ3) is 3.88. The van der Waals surface area contributed by atoms with Gasteiger partial charge in [0.25, 0.3) is 0 Å². The van der Waals surface area contributed by atoms with Gasteiger partial charge in [-0.3, -0.25) is 4.99 Å². The Kier molecular flexibility index (Phi) is 4.67. The lowest BCUT2D eigenvalue weighted by Gasteiger charge is -2.15. The molecule has 0 radical (unpaired) electrons. The summed E-state index contributed by atoms with van der Waals surface area (Å²) in [5.41, 5.74) is -2.97. The number of amidine groups is 1. The van der Waals surface area contributed by atoms with Crippen LogP contribution in [-0.4, -0.2) is 19.4 Å². The third-order valence-electron chi connectivity index (χ3n) is 2.43. The van der Waals surface area contributed by atoms with Crippen LogP contribution in [0.1, 0.15) is 23.6 Å². The number of aliphatic imine (C=N–C) groups is 1. The number of benzene rings is 1. The lowest BCUT2D eigenvalue weighted by molar-refractivity contribution is -0.143. The van der Waals surface area contributed by atoms with Gasteiger partial charge in [0.15, 0.2) is 0 Å². The molecule has 0 saturated heterocycles. The normalized spacial score (nSPS) is 13.5. The van der Waals surface area contributed by atoms with Crippen molar-refractivity contribution in [1.82, 2.24) is 5.32 Å². The minimum atomic E-state index is -4.86. The molecule has 0 aromatic heterocycles. The fraction of sp³-hybridized carbons (Fsp3) is 0.417. The van der Waals surface area contributed by atoms with Crippen LogP contribution in [0, 0.1) is 0 Å². The van der Waals surface area contributed by atoms with Crippen LogP contribution in [0.15, 0.2) is 23.2 Å². The van der Waals surface area contributed by atoms with Crippen LogP contribution >= 0.6 is 0 Å². The lowest BCUT2D eigenvalue weighted by Crippen LogP contribution is -2.25. The summed E-state index contributed by atoms with van der Waals surface area (Å²) in [5, 5.41) is 2.62. The molecule has 0 fully saturated rings. The zero-order valence-corrected chi connectivity index (χ0v) is 10.7. The Morgan fingerprint density at radius 2 is 1.45 bits per heavy atom. The van der Waals surface area contributed by atoms with E-state index in [0.717, 1.165) is 0 Å². The second-order valence-corrected chi connectivity index (χ2v) is 3.90. The van der Waals surface area contributed by atoms with Crippen molar-refractivity contribution in [2.24, 2.45) is 4.99 Å². The Bertz CT molecular complexity index is 469. The molecule has 20 heavy (non-hydrogen) atoms. The molecule has 0 bridgehead atoms. The van der Waals surface area contributed by atoms with Crippen molar-refractivity contribution in [2.75, 3.05) is 13.6 Å². The molecule has 1 aromatic carbocycles. The average Bonchev–Trinajstić information content (AvgIpc) is 2.33. The van der Waals surface area contributed by atoms with E-state index in [4.69, 9.17) is 0 Å². The zero-order chi connectivity index (χ0) is 15.6. The fourth-order valence-electron chi connectivity index (χ4n) is 1.57. The number of hydrogen-bond donors (Lipinski definition) is 1. The van der Waals surface area contributed by atoms with Gasteiger partial charge in [0.1, 0.15) is 5.84 Å². The Labute approximate surface area is 111 Å². The molecule has 0 amide bonds. The molecule has 1 aromatic rings. The van der Waals surface area contributed by atoms with E-state index >= 15 is 0 Å². The van der Waals surface area contributed by atoms with Crippen molar-refractivity contribution in [1.29, 1.82) is 0 Å². The molecule has 0 aliphatic rings. The maximum atomic E-state index is 12.7. The quantitative estimate of drug-likeness (QED) is 0.502.